The summed E-state index contributed by atoms with van der Waals surface area (Å²) in [7, 11) is 0. The molecule has 1 aliphatic heterocycles. The van der Waals surface area contributed by atoms with Gasteiger partial charge in [-0.1, -0.05) is 29.3 Å². The molecular formula is C21H23Cl2N3O3. The number of aryl methyl sites for hydroxylation is 1. The maximum absolute atomic E-state index is 13.2. The van der Waals surface area contributed by atoms with Gasteiger partial charge in [0.25, 0.3) is 5.91 Å². The summed E-state index contributed by atoms with van der Waals surface area (Å²) in [5, 5.41) is 0.909. The van der Waals surface area contributed by atoms with Crippen molar-refractivity contribution >= 4 is 35.1 Å². The Morgan fingerprint density at radius 2 is 1.97 bits per heavy atom. The van der Waals surface area contributed by atoms with Gasteiger partial charge in [0.1, 0.15) is 12.1 Å². The predicted molar refractivity (Wildman–Crippen MR) is 113 cm³/mol. The molecule has 29 heavy (non-hydrogen) atoms. The zero-order valence-electron chi connectivity index (χ0n) is 16.8. The summed E-state index contributed by atoms with van der Waals surface area (Å²) in [6.45, 7) is 7.45. The molecule has 1 amide bonds. The lowest BCUT2D eigenvalue weighted by Crippen LogP contribution is -2.35. The zero-order chi connectivity index (χ0) is 21.5. The van der Waals surface area contributed by atoms with Gasteiger partial charge in [0.2, 0.25) is 0 Å². The second kappa shape index (κ2) is 7.94. The third-order valence-electron chi connectivity index (χ3n) is 4.57. The number of nitrogens with zero attached hydrogens (tertiary/aromatic N) is 2. The third-order valence-corrected chi connectivity index (χ3v) is 5.11. The van der Waals surface area contributed by atoms with E-state index in [4.69, 9.17) is 33.7 Å². The molecular weight excluding hydrogens is 413 g/mol. The molecule has 0 saturated carbocycles. The standard InChI is InChI=1S/C21H23Cl2N3O3/c1-11-14(8-24)18(13-6-5-12(22)7-15(13)23)19-16(25-11)9-26(20(19)28)10-17(27)29-21(2,3)4/h5-7H,8-10,24H2,1-4H3. The van der Waals surface area contributed by atoms with E-state index in [0.29, 0.717) is 32.4 Å². The van der Waals surface area contributed by atoms with E-state index in [9.17, 15) is 9.59 Å². The first-order valence-electron chi connectivity index (χ1n) is 9.20. The molecule has 0 saturated heterocycles. The van der Waals surface area contributed by atoms with Crippen LogP contribution in [0.25, 0.3) is 11.1 Å². The maximum atomic E-state index is 13.2. The first kappa shape index (κ1) is 21.6. The number of fused-ring (bicyclic) bond motifs is 1. The minimum atomic E-state index is -0.629. The van der Waals surface area contributed by atoms with E-state index in [-0.39, 0.29) is 25.5 Å². The van der Waals surface area contributed by atoms with Crippen molar-refractivity contribution in [2.24, 2.45) is 5.73 Å². The minimum Gasteiger partial charge on any atom is -0.459 e. The smallest absolute Gasteiger partial charge is 0.326 e. The average molecular weight is 436 g/mol. The normalized spacial score (nSPS) is 13.6. The number of hydrogen-bond donors (Lipinski definition) is 1. The molecule has 2 aromatic rings. The lowest BCUT2D eigenvalue weighted by Gasteiger charge is -2.22. The number of rotatable bonds is 4. The molecule has 3 rings (SSSR count). The van der Waals surface area contributed by atoms with E-state index in [1.165, 1.54) is 4.90 Å². The Morgan fingerprint density at radius 3 is 2.55 bits per heavy atom. The van der Waals surface area contributed by atoms with E-state index in [1.54, 1.807) is 39.0 Å². The number of halogens is 2. The van der Waals surface area contributed by atoms with E-state index >= 15 is 0 Å². The highest BCUT2D eigenvalue weighted by Crippen LogP contribution is 2.39. The van der Waals surface area contributed by atoms with Gasteiger partial charge in [0, 0.05) is 33.4 Å². The number of hydrogen-bond acceptors (Lipinski definition) is 5. The fraction of sp³-hybridized carbons (Fsp3) is 0.381. The van der Waals surface area contributed by atoms with Gasteiger partial charge in [-0.3, -0.25) is 14.6 Å². The number of ether oxygens (including phenoxy) is 1. The number of esters is 1. The summed E-state index contributed by atoms with van der Waals surface area (Å²) in [6.07, 6.45) is 0. The molecule has 1 aromatic heterocycles. The van der Waals surface area contributed by atoms with Gasteiger partial charge >= 0.3 is 5.97 Å². The van der Waals surface area contributed by atoms with Gasteiger partial charge in [-0.05, 0) is 45.4 Å². The van der Waals surface area contributed by atoms with Crippen molar-refractivity contribution in [1.82, 2.24) is 9.88 Å². The van der Waals surface area contributed by atoms with Gasteiger partial charge < -0.3 is 15.4 Å². The van der Waals surface area contributed by atoms with Crippen molar-refractivity contribution in [2.45, 2.75) is 46.4 Å². The van der Waals surface area contributed by atoms with Gasteiger partial charge in [-0.25, -0.2) is 0 Å². The van der Waals surface area contributed by atoms with Crippen LogP contribution in [0.2, 0.25) is 10.0 Å². The van der Waals surface area contributed by atoms with Gasteiger partial charge in [-0.2, -0.15) is 0 Å². The lowest BCUT2D eigenvalue weighted by atomic mass is 9.93. The van der Waals surface area contributed by atoms with Crippen LogP contribution < -0.4 is 5.73 Å². The summed E-state index contributed by atoms with van der Waals surface area (Å²) in [6, 6.07) is 5.10. The summed E-state index contributed by atoms with van der Waals surface area (Å²) < 4.78 is 5.35. The molecule has 1 aliphatic rings. The van der Waals surface area contributed by atoms with Crippen LogP contribution in [0.5, 0.6) is 0 Å². The van der Waals surface area contributed by atoms with E-state index < -0.39 is 11.6 Å². The second-order valence-corrected chi connectivity index (χ2v) is 8.79. The quantitative estimate of drug-likeness (QED) is 0.729. The molecule has 8 heteroatoms. The molecule has 0 atom stereocenters. The topological polar surface area (TPSA) is 85.5 Å². The summed E-state index contributed by atoms with van der Waals surface area (Å²) in [5.74, 6) is -0.769. The Labute approximate surface area is 179 Å². The maximum Gasteiger partial charge on any atom is 0.326 e. The molecule has 2 N–H and O–H groups in total. The number of pyridine rings is 1. The Balaban J connectivity index is 2.07. The summed E-state index contributed by atoms with van der Waals surface area (Å²) in [5.41, 5.74) is 9.13. The lowest BCUT2D eigenvalue weighted by molar-refractivity contribution is -0.155. The molecule has 1 aromatic carbocycles. The zero-order valence-corrected chi connectivity index (χ0v) is 18.3. The monoisotopic (exact) mass is 435 g/mol. The second-order valence-electron chi connectivity index (χ2n) is 7.95. The van der Waals surface area contributed by atoms with E-state index in [1.807, 2.05) is 6.92 Å². The SMILES string of the molecule is Cc1nc2c(c(-c3ccc(Cl)cc3Cl)c1CN)C(=O)N(CC(=O)OC(C)(C)C)C2. The fourth-order valence-electron chi connectivity index (χ4n) is 3.45. The molecule has 6 nitrogen and oxygen atoms in total. The minimum absolute atomic E-state index is 0.155. The molecule has 0 fully saturated rings. The number of carbonyl (C=O) groups is 2. The first-order chi connectivity index (χ1) is 13.5. The van der Waals surface area contributed by atoms with Crippen molar-refractivity contribution in [3.63, 3.8) is 0 Å². The number of nitrogens with two attached hydrogens (primary N) is 1. The van der Waals surface area contributed by atoms with Crippen LogP contribution in [-0.4, -0.2) is 33.9 Å². The summed E-state index contributed by atoms with van der Waals surface area (Å²) >= 11 is 12.5. The Kier molecular flexibility index (Phi) is 5.90. The summed E-state index contributed by atoms with van der Waals surface area (Å²) in [4.78, 5) is 31.5. The van der Waals surface area contributed by atoms with Gasteiger partial charge in [0.05, 0.1) is 17.8 Å². The molecule has 2 heterocycles. The van der Waals surface area contributed by atoms with Crippen molar-refractivity contribution in [1.29, 1.82) is 0 Å². The third kappa shape index (κ3) is 4.39. The number of aromatic nitrogens is 1. The Morgan fingerprint density at radius 1 is 1.28 bits per heavy atom. The largest absolute Gasteiger partial charge is 0.459 e. The van der Waals surface area contributed by atoms with Crippen LogP contribution in [0.3, 0.4) is 0 Å². The van der Waals surface area contributed by atoms with Gasteiger partial charge in [-0.15, -0.1) is 0 Å². The van der Waals surface area contributed by atoms with Crippen LogP contribution in [-0.2, 0) is 22.6 Å². The molecule has 0 aliphatic carbocycles. The van der Waals surface area contributed by atoms with Crippen LogP contribution in [0.1, 0.15) is 48.1 Å². The highest BCUT2D eigenvalue weighted by atomic mass is 35.5. The Hall–Kier alpha value is -2.15. The number of amides is 1. The fourth-order valence-corrected chi connectivity index (χ4v) is 3.96. The Bertz CT molecular complexity index is 1000. The molecule has 0 unspecified atom stereocenters. The molecule has 0 bridgehead atoms. The van der Waals surface area contributed by atoms with Crippen LogP contribution in [0.15, 0.2) is 18.2 Å². The van der Waals surface area contributed by atoms with Crippen molar-refractivity contribution in [2.75, 3.05) is 6.54 Å². The molecule has 0 radical (unpaired) electrons. The van der Waals surface area contributed by atoms with E-state index in [0.717, 1.165) is 11.3 Å². The van der Waals surface area contributed by atoms with Gasteiger partial charge in [0.15, 0.2) is 0 Å². The van der Waals surface area contributed by atoms with E-state index in [2.05, 4.69) is 4.98 Å². The molecule has 0 spiro atoms. The average Bonchev–Trinajstić information content (AvgIpc) is 2.87. The predicted octanol–water partition coefficient (Wildman–Crippen LogP) is 4.12. The first-order valence-corrected chi connectivity index (χ1v) is 9.96. The van der Waals surface area contributed by atoms with Crippen molar-refractivity contribution in [3.8, 4) is 11.1 Å². The van der Waals surface area contributed by atoms with Crippen LogP contribution in [0.4, 0.5) is 0 Å². The van der Waals surface area contributed by atoms with Crippen LogP contribution >= 0.6 is 23.2 Å². The number of carbonyl (C=O) groups excluding carboxylic acids is 2. The van der Waals surface area contributed by atoms with Crippen molar-refractivity contribution in [3.05, 3.63) is 50.8 Å². The highest BCUT2D eigenvalue weighted by Gasteiger charge is 2.36. The van der Waals surface area contributed by atoms with Crippen molar-refractivity contribution < 1.29 is 14.3 Å². The van der Waals surface area contributed by atoms with Crippen LogP contribution in [0, 0.1) is 6.92 Å². The number of benzene rings is 1. The molecule has 154 valence electrons. The highest BCUT2D eigenvalue weighted by molar-refractivity contribution is 6.36.